The van der Waals surface area contributed by atoms with Gasteiger partial charge in [-0.2, -0.15) is 0 Å². The summed E-state index contributed by atoms with van der Waals surface area (Å²) in [4.78, 5) is 15.2. The third-order valence-corrected chi connectivity index (χ3v) is 2.95. The lowest BCUT2D eigenvalue weighted by atomic mass is 10.0. The zero-order valence-electron chi connectivity index (χ0n) is 9.71. The molecule has 0 saturated carbocycles. The number of carbonyl (C=O) groups excluding carboxylic acids is 1. The van der Waals surface area contributed by atoms with Gasteiger partial charge in [-0.1, -0.05) is 30.3 Å². The van der Waals surface area contributed by atoms with Crippen molar-refractivity contribution in [3.63, 3.8) is 0 Å². The largest absolute Gasteiger partial charge is 0.298 e. The fourth-order valence-corrected chi connectivity index (χ4v) is 2.01. The van der Waals surface area contributed by atoms with E-state index in [1.54, 1.807) is 6.07 Å². The molecule has 0 saturated heterocycles. The third kappa shape index (κ3) is 1.89. The molecule has 0 aliphatic rings. The number of rotatable bonds is 2. The van der Waals surface area contributed by atoms with Gasteiger partial charge in [-0.25, -0.2) is 0 Å². The Labute approximate surface area is 105 Å². The number of benzene rings is 2. The summed E-state index contributed by atoms with van der Waals surface area (Å²) in [6.07, 6.45) is 2.72. The number of carbonyl (C=O) groups is 1. The molecule has 2 heteroatoms. The maximum absolute atomic E-state index is 10.8. The molecule has 0 radical (unpaired) electrons. The van der Waals surface area contributed by atoms with Crippen molar-refractivity contribution in [2.45, 2.75) is 0 Å². The standard InChI is InChI=1S/C16H11NO/c18-11-12-6-7-16-14(8-12)9-15(10-17-16)13-4-2-1-3-5-13/h1-11H. The highest BCUT2D eigenvalue weighted by molar-refractivity contribution is 5.89. The van der Waals surface area contributed by atoms with Gasteiger partial charge in [-0.05, 0) is 29.8 Å². The predicted molar refractivity (Wildman–Crippen MR) is 72.6 cm³/mol. The van der Waals surface area contributed by atoms with E-state index in [9.17, 15) is 4.79 Å². The van der Waals surface area contributed by atoms with Gasteiger partial charge in [0.15, 0.2) is 0 Å². The van der Waals surface area contributed by atoms with Crippen LogP contribution in [0.15, 0.2) is 60.8 Å². The highest BCUT2D eigenvalue weighted by Gasteiger charge is 2.01. The lowest BCUT2D eigenvalue weighted by molar-refractivity contribution is 0.112. The fourth-order valence-electron chi connectivity index (χ4n) is 2.01. The zero-order valence-corrected chi connectivity index (χ0v) is 9.71. The number of fused-ring (bicyclic) bond motifs is 1. The minimum Gasteiger partial charge on any atom is -0.298 e. The summed E-state index contributed by atoms with van der Waals surface area (Å²) < 4.78 is 0. The van der Waals surface area contributed by atoms with Crippen molar-refractivity contribution in [1.82, 2.24) is 4.98 Å². The number of aldehydes is 1. The van der Waals surface area contributed by atoms with E-state index >= 15 is 0 Å². The Kier molecular flexibility index (Phi) is 2.61. The molecule has 0 spiro atoms. The van der Waals surface area contributed by atoms with Crippen LogP contribution < -0.4 is 0 Å². The first kappa shape index (κ1) is 10.7. The Bertz CT molecular complexity index is 705. The third-order valence-electron chi connectivity index (χ3n) is 2.95. The molecule has 2 aromatic carbocycles. The second-order valence-electron chi connectivity index (χ2n) is 4.16. The van der Waals surface area contributed by atoms with Gasteiger partial charge < -0.3 is 0 Å². The summed E-state index contributed by atoms with van der Waals surface area (Å²) >= 11 is 0. The Hall–Kier alpha value is -2.48. The minimum absolute atomic E-state index is 0.675. The Morgan fingerprint density at radius 3 is 2.50 bits per heavy atom. The van der Waals surface area contributed by atoms with Gasteiger partial charge in [0.05, 0.1) is 5.52 Å². The predicted octanol–water partition coefficient (Wildman–Crippen LogP) is 3.71. The molecule has 1 aromatic heterocycles. The van der Waals surface area contributed by atoms with E-state index in [4.69, 9.17) is 0 Å². The van der Waals surface area contributed by atoms with Crippen molar-refractivity contribution in [2.75, 3.05) is 0 Å². The van der Waals surface area contributed by atoms with Crippen LogP contribution in [0.4, 0.5) is 0 Å². The van der Waals surface area contributed by atoms with Crippen LogP contribution in [0, 0.1) is 0 Å². The zero-order chi connectivity index (χ0) is 12.4. The van der Waals surface area contributed by atoms with E-state index in [0.29, 0.717) is 5.56 Å². The number of nitrogens with zero attached hydrogens (tertiary/aromatic N) is 1. The molecule has 3 aromatic rings. The topological polar surface area (TPSA) is 30.0 Å². The van der Waals surface area contributed by atoms with Gasteiger partial charge >= 0.3 is 0 Å². The number of aromatic nitrogens is 1. The summed E-state index contributed by atoms with van der Waals surface area (Å²) in [5, 5.41) is 0.987. The second-order valence-corrected chi connectivity index (χ2v) is 4.16. The molecule has 86 valence electrons. The first-order valence-electron chi connectivity index (χ1n) is 5.77. The van der Waals surface area contributed by atoms with Crippen LogP contribution in [0.5, 0.6) is 0 Å². The van der Waals surface area contributed by atoms with Gasteiger partial charge in [0.1, 0.15) is 6.29 Å². The van der Waals surface area contributed by atoms with Crippen LogP contribution in [0.1, 0.15) is 10.4 Å². The van der Waals surface area contributed by atoms with Crippen molar-refractivity contribution in [1.29, 1.82) is 0 Å². The Morgan fingerprint density at radius 2 is 1.72 bits per heavy atom. The molecule has 0 atom stereocenters. The Balaban J connectivity index is 2.18. The molecule has 3 rings (SSSR count). The first-order chi connectivity index (χ1) is 8.86. The van der Waals surface area contributed by atoms with E-state index in [2.05, 4.69) is 11.1 Å². The van der Waals surface area contributed by atoms with Crippen LogP contribution in [0.25, 0.3) is 22.0 Å². The Morgan fingerprint density at radius 1 is 0.889 bits per heavy atom. The number of hydrogen-bond donors (Lipinski definition) is 0. The van der Waals surface area contributed by atoms with Crippen molar-refractivity contribution in [3.8, 4) is 11.1 Å². The van der Waals surface area contributed by atoms with E-state index in [1.165, 1.54) is 0 Å². The molecular weight excluding hydrogens is 222 g/mol. The van der Waals surface area contributed by atoms with E-state index < -0.39 is 0 Å². The smallest absolute Gasteiger partial charge is 0.150 e. The molecule has 0 aliphatic heterocycles. The SMILES string of the molecule is O=Cc1ccc2ncc(-c3ccccc3)cc2c1. The average Bonchev–Trinajstić information content (AvgIpc) is 2.47. The molecule has 0 amide bonds. The summed E-state index contributed by atoms with van der Waals surface area (Å²) in [6, 6.07) is 17.7. The number of hydrogen-bond acceptors (Lipinski definition) is 2. The molecular formula is C16H11NO. The van der Waals surface area contributed by atoms with Gasteiger partial charge in [0.2, 0.25) is 0 Å². The normalized spacial score (nSPS) is 10.4. The summed E-state index contributed by atoms with van der Waals surface area (Å²) in [5.74, 6) is 0. The average molecular weight is 233 g/mol. The van der Waals surface area contributed by atoms with Crippen molar-refractivity contribution in [3.05, 3.63) is 66.4 Å². The minimum atomic E-state index is 0.675. The maximum Gasteiger partial charge on any atom is 0.150 e. The quantitative estimate of drug-likeness (QED) is 0.631. The molecule has 0 unspecified atom stereocenters. The van der Waals surface area contributed by atoms with Gasteiger partial charge in [-0.3, -0.25) is 9.78 Å². The molecule has 0 aliphatic carbocycles. The van der Waals surface area contributed by atoms with E-state index in [0.717, 1.165) is 28.3 Å². The van der Waals surface area contributed by atoms with Crippen molar-refractivity contribution < 1.29 is 4.79 Å². The summed E-state index contributed by atoms with van der Waals surface area (Å²) in [5.41, 5.74) is 3.77. The second kappa shape index (κ2) is 4.41. The maximum atomic E-state index is 10.8. The van der Waals surface area contributed by atoms with Crippen LogP contribution in [0.2, 0.25) is 0 Å². The summed E-state index contributed by atoms with van der Waals surface area (Å²) in [7, 11) is 0. The van der Waals surface area contributed by atoms with Gasteiger partial charge in [0, 0.05) is 22.7 Å². The molecule has 0 fully saturated rings. The van der Waals surface area contributed by atoms with Crippen LogP contribution >= 0.6 is 0 Å². The summed E-state index contributed by atoms with van der Waals surface area (Å²) in [6.45, 7) is 0. The molecule has 0 bridgehead atoms. The lowest BCUT2D eigenvalue weighted by Gasteiger charge is -2.03. The van der Waals surface area contributed by atoms with Crippen molar-refractivity contribution in [2.24, 2.45) is 0 Å². The molecule has 2 nitrogen and oxygen atoms in total. The number of pyridine rings is 1. The van der Waals surface area contributed by atoms with Crippen LogP contribution in [-0.4, -0.2) is 11.3 Å². The highest BCUT2D eigenvalue weighted by Crippen LogP contribution is 2.22. The fraction of sp³-hybridized carbons (Fsp3) is 0. The van der Waals surface area contributed by atoms with E-state index in [1.807, 2.05) is 48.7 Å². The first-order valence-corrected chi connectivity index (χ1v) is 5.77. The van der Waals surface area contributed by atoms with Crippen molar-refractivity contribution >= 4 is 17.2 Å². The van der Waals surface area contributed by atoms with Crippen LogP contribution in [-0.2, 0) is 0 Å². The highest BCUT2D eigenvalue weighted by atomic mass is 16.1. The van der Waals surface area contributed by atoms with E-state index in [-0.39, 0.29) is 0 Å². The monoisotopic (exact) mass is 233 g/mol. The van der Waals surface area contributed by atoms with Gasteiger partial charge in [0.25, 0.3) is 0 Å². The molecule has 0 N–H and O–H groups in total. The molecule has 1 heterocycles. The molecule has 18 heavy (non-hydrogen) atoms. The lowest BCUT2D eigenvalue weighted by Crippen LogP contribution is -1.85. The van der Waals surface area contributed by atoms with Crippen LogP contribution in [0.3, 0.4) is 0 Å². The van der Waals surface area contributed by atoms with Gasteiger partial charge in [-0.15, -0.1) is 0 Å².